The van der Waals surface area contributed by atoms with Crippen molar-refractivity contribution in [2.24, 2.45) is 0 Å². The van der Waals surface area contributed by atoms with E-state index < -0.39 is 0 Å². The van der Waals surface area contributed by atoms with Crippen molar-refractivity contribution in [1.82, 2.24) is 15.6 Å². The number of benzene rings is 1. The smallest absolute Gasteiger partial charge is 0.251 e. The van der Waals surface area contributed by atoms with Crippen LogP contribution in [0.1, 0.15) is 34.6 Å². The number of pyridine rings is 1. The first-order valence-electron chi connectivity index (χ1n) is 6.66. The molecule has 2 aromatic rings. The Bertz CT molecular complexity index is 552. The van der Waals surface area contributed by atoms with Crippen LogP contribution in [0, 0.1) is 0 Å². The van der Waals surface area contributed by atoms with Crippen LogP contribution in [0.2, 0.25) is 0 Å². The molecule has 0 radical (unpaired) electrons. The number of hydrogen-bond acceptors (Lipinski definition) is 3. The summed E-state index contributed by atoms with van der Waals surface area (Å²) in [5.41, 5.74) is 2.84. The van der Waals surface area contributed by atoms with Crippen molar-refractivity contribution >= 4 is 5.91 Å². The molecule has 0 bridgehead atoms. The molecule has 1 atom stereocenters. The number of hydrogen-bond donors (Lipinski definition) is 2. The average molecular weight is 269 g/mol. The molecule has 0 fully saturated rings. The predicted octanol–water partition coefficient (Wildman–Crippen LogP) is 2.29. The van der Waals surface area contributed by atoms with Gasteiger partial charge in [0.2, 0.25) is 0 Å². The summed E-state index contributed by atoms with van der Waals surface area (Å²) in [7, 11) is 1.63. The summed E-state index contributed by atoms with van der Waals surface area (Å²) in [6.45, 7) is 2.83. The summed E-state index contributed by atoms with van der Waals surface area (Å²) in [6, 6.07) is 13.7. The Labute approximate surface area is 119 Å². The van der Waals surface area contributed by atoms with Gasteiger partial charge in [0.25, 0.3) is 5.91 Å². The summed E-state index contributed by atoms with van der Waals surface area (Å²) in [6.07, 6.45) is 1.80. The second-order valence-corrected chi connectivity index (χ2v) is 4.63. The molecule has 2 N–H and O–H groups in total. The van der Waals surface area contributed by atoms with Crippen LogP contribution in [0.5, 0.6) is 0 Å². The fourth-order valence-electron chi connectivity index (χ4n) is 1.93. The van der Waals surface area contributed by atoms with Gasteiger partial charge in [-0.15, -0.1) is 0 Å². The highest BCUT2D eigenvalue weighted by Gasteiger charge is 2.06. The van der Waals surface area contributed by atoms with Crippen LogP contribution < -0.4 is 10.6 Å². The van der Waals surface area contributed by atoms with E-state index >= 15 is 0 Å². The van der Waals surface area contributed by atoms with E-state index in [1.54, 1.807) is 13.2 Å². The zero-order chi connectivity index (χ0) is 14.4. The minimum Gasteiger partial charge on any atom is -0.355 e. The molecule has 0 saturated heterocycles. The maximum absolute atomic E-state index is 11.4. The Balaban J connectivity index is 1.93. The number of amides is 1. The van der Waals surface area contributed by atoms with E-state index in [0.29, 0.717) is 5.56 Å². The molecule has 1 heterocycles. The van der Waals surface area contributed by atoms with Gasteiger partial charge in [-0.05, 0) is 36.8 Å². The molecule has 0 spiro atoms. The number of aromatic nitrogens is 1. The normalized spacial score (nSPS) is 11.9. The first kappa shape index (κ1) is 14.2. The third-order valence-electron chi connectivity index (χ3n) is 3.19. The highest BCUT2D eigenvalue weighted by Crippen LogP contribution is 2.10. The summed E-state index contributed by atoms with van der Waals surface area (Å²) in [5, 5.41) is 6.02. The molecular weight excluding hydrogens is 250 g/mol. The number of carbonyl (C=O) groups excluding carboxylic acids is 1. The molecule has 1 amide bonds. The number of carbonyl (C=O) groups is 1. The van der Waals surface area contributed by atoms with Gasteiger partial charge in [0.15, 0.2) is 0 Å². The van der Waals surface area contributed by atoms with Crippen LogP contribution in [0.15, 0.2) is 48.7 Å². The number of rotatable bonds is 5. The molecular formula is C16H19N3O. The minimum atomic E-state index is -0.0636. The maximum Gasteiger partial charge on any atom is 0.251 e. The summed E-state index contributed by atoms with van der Waals surface area (Å²) >= 11 is 0. The Morgan fingerprint density at radius 3 is 2.55 bits per heavy atom. The van der Waals surface area contributed by atoms with Gasteiger partial charge < -0.3 is 10.6 Å². The second kappa shape index (κ2) is 6.82. The fraction of sp³-hybridized carbons (Fsp3) is 0.250. The van der Waals surface area contributed by atoms with Gasteiger partial charge in [-0.25, -0.2) is 0 Å². The summed E-state index contributed by atoms with van der Waals surface area (Å²) < 4.78 is 0. The third kappa shape index (κ3) is 3.65. The number of nitrogens with zero attached hydrogens (tertiary/aromatic N) is 1. The SMILES string of the molecule is CNC(=O)c1ccc(CN[C@@H](C)c2ccccn2)cc1. The quantitative estimate of drug-likeness (QED) is 0.875. The standard InChI is InChI=1S/C16H19N3O/c1-12(15-5-3-4-10-18-15)19-11-13-6-8-14(9-7-13)16(20)17-2/h3-10,12,19H,11H2,1-2H3,(H,17,20)/t12-/m0/s1. The molecule has 0 aliphatic heterocycles. The van der Waals surface area contributed by atoms with Crippen molar-refractivity contribution in [2.75, 3.05) is 7.05 Å². The molecule has 2 rings (SSSR count). The van der Waals surface area contributed by atoms with Crippen molar-refractivity contribution in [2.45, 2.75) is 19.5 Å². The van der Waals surface area contributed by atoms with Crippen molar-refractivity contribution in [3.8, 4) is 0 Å². The lowest BCUT2D eigenvalue weighted by Gasteiger charge is -2.13. The molecule has 0 saturated carbocycles. The van der Waals surface area contributed by atoms with Crippen LogP contribution in [-0.4, -0.2) is 17.9 Å². The van der Waals surface area contributed by atoms with Gasteiger partial charge in [0.1, 0.15) is 0 Å². The summed E-state index contributed by atoms with van der Waals surface area (Å²) in [5.74, 6) is -0.0636. The topological polar surface area (TPSA) is 54.0 Å². The van der Waals surface area contributed by atoms with Gasteiger partial charge in [-0.1, -0.05) is 18.2 Å². The molecule has 4 heteroatoms. The van der Waals surface area contributed by atoms with Crippen molar-refractivity contribution in [1.29, 1.82) is 0 Å². The van der Waals surface area contributed by atoms with Gasteiger partial charge >= 0.3 is 0 Å². The maximum atomic E-state index is 11.4. The molecule has 20 heavy (non-hydrogen) atoms. The summed E-state index contributed by atoms with van der Waals surface area (Å²) in [4.78, 5) is 15.8. The lowest BCUT2D eigenvalue weighted by Crippen LogP contribution is -2.20. The molecule has 0 aliphatic rings. The zero-order valence-corrected chi connectivity index (χ0v) is 11.8. The predicted molar refractivity (Wildman–Crippen MR) is 79.3 cm³/mol. The van der Waals surface area contributed by atoms with Crippen LogP contribution in [-0.2, 0) is 6.54 Å². The van der Waals surface area contributed by atoms with Crippen LogP contribution in [0.3, 0.4) is 0 Å². The van der Waals surface area contributed by atoms with Gasteiger partial charge in [0.05, 0.1) is 5.69 Å². The lowest BCUT2D eigenvalue weighted by atomic mass is 10.1. The molecule has 104 valence electrons. The highest BCUT2D eigenvalue weighted by atomic mass is 16.1. The zero-order valence-electron chi connectivity index (χ0n) is 11.8. The van der Waals surface area contributed by atoms with E-state index in [4.69, 9.17) is 0 Å². The van der Waals surface area contributed by atoms with E-state index in [1.807, 2.05) is 42.5 Å². The third-order valence-corrected chi connectivity index (χ3v) is 3.19. The van der Waals surface area contributed by atoms with E-state index in [9.17, 15) is 4.79 Å². The average Bonchev–Trinajstić information content (AvgIpc) is 2.53. The van der Waals surface area contributed by atoms with E-state index in [1.165, 1.54) is 0 Å². The first-order valence-corrected chi connectivity index (χ1v) is 6.66. The fourth-order valence-corrected chi connectivity index (χ4v) is 1.93. The number of nitrogens with one attached hydrogen (secondary N) is 2. The lowest BCUT2D eigenvalue weighted by molar-refractivity contribution is 0.0963. The second-order valence-electron chi connectivity index (χ2n) is 4.63. The molecule has 0 aliphatic carbocycles. The minimum absolute atomic E-state index is 0.0636. The van der Waals surface area contributed by atoms with Crippen molar-refractivity contribution < 1.29 is 4.79 Å². The van der Waals surface area contributed by atoms with Crippen LogP contribution in [0.4, 0.5) is 0 Å². The van der Waals surface area contributed by atoms with E-state index in [-0.39, 0.29) is 11.9 Å². The Morgan fingerprint density at radius 1 is 1.20 bits per heavy atom. The molecule has 1 aromatic heterocycles. The molecule has 1 aromatic carbocycles. The Kier molecular flexibility index (Phi) is 4.85. The highest BCUT2D eigenvalue weighted by molar-refractivity contribution is 5.93. The van der Waals surface area contributed by atoms with Crippen LogP contribution >= 0.6 is 0 Å². The van der Waals surface area contributed by atoms with E-state index in [0.717, 1.165) is 17.8 Å². The Morgan fingerprint density at radius 2 is 1.95 bits per heavy atom. The monoisotopic (exact) mass is 269 g/mol. The molecule has 0 unspecified atom stereocenters. The van der Waals surface area contributed by atoms with E-state index in [2.05, 4.69) is 22.5 Å². The van der Waals surface area contributed by atoms with Crippen molar-refractivity contribution in [3.63, 3.8) is 0 Å². The van der Waals surface area contributed by atoms with Crippen molar-refractivity contribution in [3.05, 3.63) is 65.5 Å². The molecule has 4 nitrogen and oxygen atoms in total. The first-order chi connectivity index (χ1) is 9.70. The van der Waals surface area contributed by atoms with Gasteiger partial charge in [0, 0.05) is 31.4 Å². The van der Waals surface area contributed by atoms with Gasteiger partial charge in [-0.3, -0.25) is 9.78 Å². The van der Waals surface area contributed by atoms with Crippen LogP contribution in [0.25, 0.3) is 0 Å². The van der Waals surface area contributed by atoms with Gasteiger partial charge in [-0.2, -0.15) is 0 Å². The Hall–Kier alpha value is -2.20. The largest absolute Gasteiger partial charge is 0.355 e.